The van der Waals surface area contributed by atoms with Crippen molar-refractivity contribution in [1.82, 2.24) is 0 Å². The molecule has 2 rings (SSSR count). The maximum absolute atomic E-state index is 5.75. The molecule has 0 spiro atoms. The van der Waals surface area contributed by atoms with Crippen molar-refractivity contribution in [2.75, 3.05) is 39.8 Å². The van der Waals surface area contributed by atoms with Crippen LogP contribution in [0.5, 0.6) is 11.5 Å². The first-order valence-electron chi connectivity index (χ1n) is 8.99. The molecule has 5 nitrogen and oxygen atoms in total. The van der Waals surface area contributed by atoms with Crippen LogP contribution in [-0.4, -0.2) is 39.8 Å². The monoisotopic (exact) mass is 378 g/mol. The molecule has 0 amide bonds. The third kappa shape index (κ3) is 8.71. The molecule has 0 bridgehead atoms. The maximum Gasteiger partial charge on any atom is 1.00 e. The summed E-state index contributed by atoms with van der Waals surface area (Å²) < 4.78 is 27.6. The molecule has 0 atom stereocenters. The fraction of sp³-hybridized carbons (Fsp3) is 0.684. The van der Waals surface area contributed by atoms with Crippen molar-refractivity contribution in [1.29, 1.82) is 0 Å². The van der Waals surface area contributed by atoms with E-state index in [1.807, 2.05) is 6.07 Å². The van der Waals surface area contributed by atoms with Crippen LogP contribution >= 0.6 is 0 Å². The van der Waals surface area contributed by atoms with E-state index in [4.69, 9.17) is 23.7 Å². The number of rotatable bonds is 13. The van der Waals surface area contributed by atoms with Crippen LogP contribution in [0.3, 0.4) is 0 Å². The van der Waals surface area contributed by atoms with E-state index in [0.29, 0.717) is 39.8 Å². The zero-order chi connectivity index (χ0) is 17.0. The number of benzene rings is 1. The van der Waals surface area contributed by atoms with Gasteiger partial charge in [-0.25, -0.2) is 0 Å². The predicted molar refractivity (Wildman–Crippen MR) is 93.9 cm³/mol. The summed E-state index contributed by atoms with van der Waals surface area (Å²) in [4.78, 5) is 0. The van der Waals surface area contributed by atoms with Crippen LogP contribution < -0.4 is 60.9 Å². The van der Waals surface area contributed by atoms with Gasteiger partial charge < -0.3 is 25.1 Å². The van der Waals surface area contributed by atoms with E-state index < -0.39 is 0 Å². The third-order valence-electron chi connectivity index (χ3n) is 3.86. The normalized spacial score (nSPS) is 12.2. The van der Waals surface area contributed by atoms with Crippen molar-refractivity contribution in [2.24, 2.45) is 0 Å². The summed E-state index contributed by atoms with van der Waals surface area (Å²) in [6.45, 7) is 8.47. The van der Waals surface area contributed by atoms with Crippen molar-refractivity contribution in [2.45, 2.75) is 46.1 Å². The van der Waals surface area contributed by atoms with Crippen molar-refractivity contribution >= 4 is 0 Å². The minimum Gasteiger partial charge on any atom is -1.00 e. The van der Waals surface area contributed by atoms with Gasteiger partial charge in [-0.05, 0) is 36.1 Å². The Morgan fingerprint density at radius 1 is 0.840 bits per heavy atom. The van der Waals surface area contributed by atoms with Gasteiger partial charge in [0, 0.05) is 6.61 Å². The molecular weight excluding hydrogens is 347 g/mol. The second-order valence-corrected chi connectivity index (χ2v) is 5.86. The Morgan fingerprint density at radius 2 is 1.44 bits per heavy atom. The molecule has 1 aliphatic heterocycles. The van der Waals surface area contributed by atoms with Gasteiger partial charge in [-0.15, -0.1) is 0 Å². The second-order valence-electron chi connectivity index (χ2n) is 5.86. The molecular formula is C19H31KO5. The molecule has 0 aliphatic carbocycles. The van der Waals surface area contributed by atoms with Crippen LogP contribution in [0.4, 0.5) is 0 Å². The third-order valence-corrected chi connectivity index (χ3v) is 3.86. The molecule has 6 heteroatoms. The van der Waals surface area contributed by atoms with Gasteiger partial charge in [0.15, 0.2) is 11.5 Å². The van der Waals surface area contributed by atoms with Gasteiger partial charge in [0.05, 0.1) is 33.0 Å². The Hall–Kier alpha value is 0.336. The maximum atomic E-state index is 5.75. The average molecular weight is 379 g/mol. The van der Waals surface area contributed by atoms with Gasteiger partial charge in [-0.1, -0.05) is 26.7 Å². The Bertz CT molecular complexity index is 487. The predicted octanol–water partition coefficient (Wildman–Crippen LogP) is 0.834. The van der Waals surface area contributed by atoms with Crippen molar-refractivity contribution in [3.63, 3.8) is 0 Å². The molecule has 1 aromatic rings. The molecule has 0 radical (unpaired) electrons. The van der Waals surface area contributed by atoms with E-state index in [1.165, 1.54) is 11.1 Å². The molecule has 25 heavy (non-hydrogen) atoms. The number of fused-ring (bicyclic) bond motifs is 1. The SMILES string of the molecule is CCCCOCCOCCOCc1cc2c(cc1CCC)OCO2.[H-].[K+]. The summed E-state index contributed by atoms with van der Waals surface area (Å²) in [5.41, 5.74) is 2.44. The smallest absolute Gasteiger partial charge is 1.00 e. The zero-order valence-corrected chi connectivity index (χ0v) is 19.1. The summed E-state index contributed by atoms with van der Waals surface area (Å²) in [5, 5.41) is 0. The average Bonchev–Trinajstić information content (AvgIpc) is 3.04. The molecule has 138 valence electrons. The topological polar surface area (TPSA) is 46.2 Å². The minimum atomic E-state index is 0. The van der Waals surface area contributed by atoms with Gasteiger partial charge in [0.25, 0.3) is 0 Å². The molecule has 0 saturated carbocycles. The molecule has 1 aromatic carbocycles. The molecule has 0 fully saturated rings. The van der Waals surface area contributed by atoms with E-state index in [0.717, 1.165) is 43.8 Å². The fourth-order valence-corrected chi connectivity index (χ4v) is 2.53. The number of hydrogen-bond acceptors (Lipinski definition) is 5. The summed E-state index contributed by atoms with van der Waals surface area (Å²) >= 11 is 0. The quantitative estimate of drug-likeness (QED) is 0.376. The van der Waals surface area contributed by atoms with Gasteiger partial charge in [-0.2, -0.15) is 0 Å². The molecule has 0 aromatic heterocycles. The van der Waals surface area contributed by atoms with Gasteiger partial charge in [0.1, 0.15) is 0 Å². The number of hydrogen-bond donors (Lipinski definition) is 0. The molecule has 0 N–H and O–H groups in total. The van der Waals surface area contributed by atoms with E-state index in [9.17, 15) is 0 Å². The number of aryl methyl sites for hydroxylation is 1. The zero-order valence-electron chi connectivity index (χ0n) is 17.0. The van der Waals surface area contributed by atoms with Crippen LogP contribution in [0.25, 0.3) is 0 Å². The van der Waals surface area contributed by atoms with Crippen molar-refractivity contribution < 1.29 is 76.5 Å². The van der Waals surface area contributed by atoms with Gasteiger partial charge in [0.2, 0.25) is 6.79 Å². The minimum absolute atomic E-state index is 0. The van der Waals surface area contributed by atoms with Crippen LogP contribution in [0.2, 0.25) is 0 Å². The summed E-state index contributed by atoms with van der Waals surface area (Å²) in [7, 11) is 0. The van der Waals surface area contributed by atoms with Gasteiger partial charge >= 0.3 is 51.4 Å². The molecule has 1 heterocycles. The molecule has 1 aliphatic rings. The first-order chi connectivity index (χ1) is 11.8. The van der Waals surface area contributed by atoms with E-state index >= 15 is 0 Å². The van der Waals surface area contributed by atoms with Crippen molar-refractivity contribution in [3.8, 4) is 11.5 Å². The van der Waals surface area contributed by atoms with Crippen LogP contribution in [-0.2, 0) is 27.2 Å². The van der Waals surface area contributed by atoms with Crippen LogP contribution in [0.15, 0.2) is 12.1 Å². The van der Waals surface area contributed by atoms with Gasteiger partial charge in [-0.3, -0.25) is 0 Å². The van der Waals surface area contributed by atoms with E-state index in [-0.39, 0.29) is 52.8 Å². The fourth-order valence-electron chi connectivity index (χ4n) is 2.53. The summed E-state index contributed by atoms with van der Waals surface area (Å²) in [5.74, 6) is 1.66. The Morgan fingerprint density at radius 3 is 2.08 bits per heavy atom. The summed E-state index contributed by atoms with van der Waals surface area (Å²) in [6, 6.07) is 4.12. The van der Waals surface area contributed by atoms with E-state index in [1.54, 1.807) is 0 Å². The van der Waals surface area contributed by atoms with Crippen molar-refractivity contribution in [3.05, 3.63) is 23.3 Å². The largest absolute Gasteiger partial charge is 1.00 e. The first kappa shape index (κ1) is 23.4. The van der Waals surface area contributed by atoms with E-state index in [2.05, 4.69) is 19.9 Å². The second kappa shape index (κ2) is 14.4. The number of unbranched alkanes of at least 4 members (excludes halogenated alkanes) is 1. The summed E-state index contributed by atoms with van der Waals surface area (Å²) in [6.07, 6.45) is 4.38. The first-order valence-corrected chi connectivity index (χ1v) is 8.99. The Balaban J connectivity index is 0.00000312. The van der Waals surface area contributed by atoms with Crippen LogP contribution in [0.1, 0.15) is 45.7 Å². The molecule has 0 saturated heterocycles. The van der Waals surface area contributed by atoms with Crippen LogP contribution in [0, 0.1) is 0 Å². The number of ether oxygens (including phenoxy) is 5. The Labute approximate surface area is 195 Å². The Kier molecular flexibility index (Phi) is 13.5. The molecule has 0 unspecified atom stereocenters. The standard InChI is InChI=1S/C19H30O5.K.H/c1-3-5-7-20-8-9-21-10-11-22-14-17-13-19-18(23-15-24-19)12-16(17)6-4-2;;/h12-13H,3-11,14-15H2,1-2H3;;/q;+1;-1.